The number of hydrogen-bond donors (Lipinski definition) is 2. The van der Waals surface area contributed by atoms with Crippen LogP contribution in [-0.2, 0) is 6.42 Å². The molecule has 1 fully saturated rings. The minimum atomic E-state index is 0.0314. The molecule has 18 heavy (non-hydrogen) atoms. The molecular formula is C15H22N2O. The second kappa shape index (κ2) is 5.27. The van der Waals surface area contributed by atoms with Gasteiger partial charge in [0.1, 0.15) is 0 Å². The van der Waals surface area contributed by atoms with E-state index >= 15 is 0 Å². The third-order valence-electron chi connectivity index (χ3n) is 4.50. The van der Waals surface area contributed by atoms with Gasteiger partial charge in [0.15, 0.2) is 0 Å². The van der Waals surface area contributed by atoms with Crippen LogP contribution in [0.15, 0.2) is 16.9 Å². The SMILES string of the molecule is O=c1ccc2c([nH]1)CCCC2NCCC1CCC1. The molecule has 1 unspecified atom stereocenters. The molecule has 0 aromatic carbocycles. The summed E-state index contributed by atoms with van der Waals surface area (Å²) in [5.74, 6) is 0.969. The number of pyridine rings is 1. The van der Waals surface area contributed by atoms with Crippen molar-refractivity contribution in [2.75, 3.05) is 6.54 Å². The standard InChI is InChI=1S/C15H22N2O/c18-15-8-7-12-13(5-2-6-14(12)17-15)16-10-9-11-3-1-4-11/h7-8,11,13,16H,1-6,9-10H2,(H,17,18). The van der Waals surface area contributed by atoms with Gasteiger partial charge in [-0.3, -0.25) is 4.79 Å². The predicted octanol–water partition coefficient (Wildman–Crippen LogP) is 2.53. The van der Waals surface area contributed by atoms with Crippen molar-refractivity contribution in [1.29, 1.82) is 0 Å². The number of aromatic amines is 1. The molecule has 1 heterocycles. The number of nitrogens with one attached hydrogen (secondary N) is 2. The Labute approximate surface area is 108 Å². The maximum absolute atomic E-state index is 11.3. The smallest absolute Gasteiger partial charge is 0.248 e. The fourth-order valence-electron chi connectivity index (χ4n) is 3.16. The van der Waals surface area contributed by atoms with Crippen molar-refractivity contribution >= 4 is 0 Å². The lowest BCUT2D eigenvalue weighted by Gasteiger charge is -2.29. The van der Waals surface area contributed by atoms with Gasteiger partial charge in [-0.1, -0.05) is 25.3 Å². The summed E-state index contributed by atoms with van der Waals surface area (Å²) in [5.41, 5.74) is 2.49. The Hall–Kier alpha value is -1.09. The first-order chi connectivity index (χ1) is 8.83. The van der Waals surface area contributed by atoms with Crippen LogP contribution in [0, 0.1) is 5.92 Å². The van der Waals surface area contributed by atoms with E-state index in [4.69, 9.17) is 0 Å². The van der Waals surface area contributed by atoms with Crippen molar-refractivity contribution < 1.29 is 0 Å². The van der Waals surface area contributed by atoms with E-state index in [1.165, 1.54) is 44.1 Å². The van der Waals surface area contributed by atoms with E-state index in [1.807, 2.05) is 6.07 Å². The normalized spacial score (nSPS) is 23.4. The monoisotopic (exact) mass is 246 g/mol. The van der Waals surface area contributed by atoms with Crippen LogP contribution in [-0.4, -0.2) is 11.5 Å². The van der Waals surface area contributed by atoms with E-state index in [2.05, 4.69) is 10.3 Å². The quantitative estimate of drug-likeness (QED) is 0.857. The summed E-state index contributed by atoms with van der Waals surface area (Å²) >= 11 is 0. The topological polar surface area (TPSA) is 44.9 Å². The van der Waals surface area contributed by atoms with Crippen LogP contribution in [0.5, 0.6) is 0 Å². The van der Waals surface area contributed by atoms with Gasteiger partial charge in [0.2, 0.25) is 5.56 Å². The van der Waals surface area contributed by atoms with Crippen molar-refractivity contribution in [3.63, 3.8) is 0 Å². The average Bonchev–Trinajstić information content (AvgIpc) is 2.32. The number of fused-ring (bicyclic) bond motifs is 1. The molecule has 1 aromatic rings. The maximum Gasteiger partial charge on any atom is 0.248 e. The molecule has 0 aliphatic heterocycles. The lowest BCUT2D eigenvalue weighted by Crippen LogP contribution is -2.29. The molecule has 0 amide bonds. The zero-order valence-corrected chi connectivity index (χ0v) is 10.9. The van der Waals surface area contributed by atoms with Crippen LogP contribution < -0.4 is 10.9 Å². The molecule has 1 atom stereocenters. The highest BCUT2D eigenvalue weighted by atomic mass is 16.1. The van der Waals surface area contributed by atoms with Gasteiger partial charge in [0.05, 0.1) is 0 Å². The van der Waals surface area contributed by atoms with Crippen LogP contribution >= 0.6 is 0 Å². The molecule has 0 saturated heterocycles. The Balaban J connectivity index is 1.61. The van der Waals surface area contributed by atoms with Gasteiger partial charge in [-0.05, 0) is 43.7 Å². The van der Waals surface area contributed by atoms with Crippen LogP contribution in [0.1, 0.15) is 55.8 Å². The van der Waals surface area contributed by atoms with Gasteiger partial charge in [-0.2, -0.15) is 0 Å². The zero-order chi connectivity index (χ0) is 12.4. The van der Waals surface area contributed by atoms with Gasteiger partial charge in [0.25, 0.3) is 0 Å². The number of hydrogen-bond acceptors (Lipinski definition) is 2. The second-order valence-electron chi connectivity index (χ2n) is 5.74. The molecular weight excluding hydrogens is 224 g/mol. The van der Waals surface area contributed by atoms with Gasteiger partial charge < -0.3 is 10.3 Å². The van der Waals surface area contributed by atoms with E-state index in [1.54, 1.807) is 6.07 Å². The van der Waals surface area contributed by atoms with Gasteiger partial charge in [-0.25, -0.2) is 0 Å². The number of aromatic nitrogens is 1. The predicted molar refractivity (Wildman–Crippen MR) is 72.7 cm³/mol. The molecule has 0 spiro atoms. The zero-order valence-electron chi connectivity index (χ0n) is 10.9. The van der Waals surface area contributed by atoms with Crippen LogP contribution in [0.3, 0.4) is 0 Å². The first-order valence-corrected chi connectivity index (χ1v) is 7.28. The summed E-state index contributed by atoms with van der Waals surface area (Å²) in [6.07, 6.45) is 8.99. The van der Waals surface area contributed by atoms with Crippen molar-refractivity contribution in [3.8, 4) is 0 Å². The molecule has 2 aliphatic carbocycles. The van der Waals surface area contributed by atoms with Crippen molar-refractivity contribution in [2.45, 2.75) is 51.0 Å². The van der Waals surface area contributed by atoms with E-state index in [-0.39, 0.29) is 5.56 Å². The first kappa shape index (κ1) is 12.0. The Morgan fingerprint density at radius 1 is 1.22 bits per heavy atom. The summed E-state index contributed by atoms with van der Waals surface area (Å²) in [6.45, 7) is 1.12. The molecule has 1 saturated carbocycles. The molecule has 1 aromatic heterocycles. The van der Waals surface area contributed by atoms with Gasteiger partial charge in [-0.15, -0.1) is 0 Å². The Bertz CT molecular complexity index is 462. The van der Waals surface area contributed by atoms with E-state index in [0.717, 1.165) is 24.6 Å². The fraction of sp³-hybridized carbons (Fsp3) is 0.667. The first-order valence-electron chi connectivity index (χ1n) is 7.28. The summed E-state index contributed by atoms with van der Waals surface area (Å²) in [4.78, 5) is 14.3. The number of H-pyrrole nitrogens is 1. The van der Waals surface area contributed by atoms with Crippen LogP contribution in [0.4, 0.5) is 0 Å². The Morgan fingerprint density at radius 2 is 2.11 bits per heavy atom. The average molecular weight is 246 g/mol. The largest absolute Gasteiger partial charge is 0.326 e. The van der Waals surface area contributed by atoms with Crippen molar-refractivity contribution in [3.05, 3.63) is 33.7 Å². The lowest BCUT2D eigenvalue weighted by atomic mass is 9.83. The maximum atomic E-state index is 11.3. The molecule has 0 radical (unpaired) electrons. The van der Waals surface area contributed by atoms with Crippen molar-refractivity contribution in [1.82, 2.24) is 10.3 Å². The highest BCUT2D eigenvalue weighted by molar-refractivity contribution is 5.26. The van der Waals surface area contributed by atoms with Gasteiger partial charge >= 0.3 is 0 Å². The molecule has 0 bridgehead atoms. The molecule has 3 rings (SSSR count). The van der Waals surface area contributed by atoms with E-state index in [0.29, 0.717) is 6.04 Å². The summed E-state index contributed by atoms with van der Waals surface area (Å²) in [7, 11) is 0. The van der Waals surface area contributed by atoms with E-state index in [9.17, 15) is 4.79 Å². The Kier molecular flexibility index (Phi) is 3.50. The molecule has 3 nitrogen and oxygen atoms in total. The third-order valence-corrected chi connectivity index (χ3v) is 4.50. The number of aryl methyl sites for hydroxylation is 1. The molecule has 2 aliphatic rings. The minimum Gasteiger partial charge on any atom is -0.326 e. The minimum absolute atomic E-state index is 0.0314. The molecule has 98 valence electrons. The number of rotatable bonds is 4. The van der Waals surface area contributed by atoms with Crippen LogP contribution in [0.25, 0.3) is 0 Å². The summed E-state index contributed by atoms with van der Waals surface area (Å²) < 4.78 is 0. The van der Waals surface area contributed by atoms with Gasteiger partial charge in [0, 0.05) is 17.8 Å². The molecule has 3 heteroatoms. The van der Waals surface area contributed by atoms with E-state index < -0.39 is 0 Å². The Morgan fingerprint density at radius 3 is 2.89 bits per heavy atom. The fourth-order valence-corrected chi connectivity index (χ4v) is 3.16. The van der Waals surface area contributed by atoms with Crippen molar-refractivity contribution in [2.24, 2.45) is 5.92 Å². The highest BCUT2D eigenvalue weighted by Gasteiger charge is 2.21. The third kappa shape index (κ3) is 2.51. The molecule has 2 N–H and O–H groups in total. The lowest BCUT2D eigenvalue weighted by molar-refractivity contribution is 0.284. The highest BCUT2D eigenvalue weighted by Crippen LogP contribution is 2.30. The summed E-state index contributed by atoms with van der Waals surface area (Å²) in [5, 5.41) is 3.67. The summed E-state index contributed by atoms with van der Waals surface area (Å²) in [6, 6.07) is 4.12. The van der Waals surface area contributed by atoms with Crippen LogP contribution in [0.2, 0.25) is 0 Å². The second-order valence-corrected chi connectivity index (χ2v) is 5.74.